The average molecular weight is 313 g/mol. The van der Waals surface area contributed by atoms with Crippen LogP contribution in [-0.2, 0) is 0 Å². The number of hydrogen-bond acceptors (Lipinski definition) is 3. The quantitative estimate of drug-likeness (QED) is 0.947. The molecule has 5 nitrogen and oxygen atoms in total. The topological polar surface area (TPSA) is 58.4 Å². The number of benzene rings is 1. The zero-order chi connectivity index (χ0) is 16.6. The molecule has 3 rings (SSSR count). The summed E-state index contributed by atoms with van der Waals surface area (Å²) in [5, 5.41) is 14.8. The lowest BCUT2D eigenvalue weighted by molar-refractivity contribution is 0.000103. The molecule has 1 saturated heterocycles. The average Bonchev–Trinajstić information content (AvgIpc) is 3.13. The van der Waals surface area contributed by atoms with Crippen molar-refractivity contribution in [3.8, 4) is 5.69 Å². The first-order chi connectivity index (χ1) is 10.9. The fourth-order valence-electron chi connectivity index (χ4n) is 3.30. The molecule has 1 N–H and O–H groups in total. The molecule has 0 aliphatic carbocycles. The van der Waals surface area contributed by atoms with Gasteiger partial charge < -0.3 is 10.0 Å². The number of para-hydroxylation sites is 1. The van der Waals surface area contributed by atoms with E-state index in [-0.39, 0.29) is 11.9 Å². The number of aromatic nitrogens is 2. The van der Waals surface area contributed by atoms with E-state index >= 15 is 0 Å². The number of nitrogens with zero attached hydrogens (tertiary/aromatic N) is 3. The van der Waals surface area contributed by atoms with Crippen molar-refractivity contribution in [2.24, 2.45) is 0 Å². The molecule has 1 aliphatic rings. The summed E-state index contributed by atoms with van der Waals surface area (Å²) < 4.78 is 1.78. The van der Waals surface area contributed by atoms with Crippen molar-refractivity contribution in [2.45, 2.75) is 45.3 Å². The lowest BCUT2D eigenvalue weighted by Gasteiger charge is -2.33. The predicted molar refractivity (Wildman–Crippen MR) is 88.7 cm³/mol. The van der Waals surface area contributed by atoms with Gasteiger partial charge in [0.25, 0.3) is 5.91 Å². The normalized spacial score (nSPS) is 18.4. The van der Waals surface area contributed by atoms with Gasteiger partial charge in [-0.2, -0.15) is 5.10 Å². The Hall–Kier alpha value is -2.14. The van der Waals surface area contributed by atoms with Gasteiger partial charge in [-0.3, -0.25) is 4.79 Å². The van der Waals surface area contributed by atoms with Gasteiger partial charge in [0.1, 0.15) is 0 Å². The van der Waals surface area contributed by atoms with E-state index in [1.54, 1.807) is 23.4 Å². The van der Waals surface area contributed by atoms with Crippen molar-refractivity contribution in [1.29, 1.82) is 0 Å². The molecule has 0 spiro atoms. The number of rotatable bonds is 3. The second-order valence-electron chi connectivity index (χ2n) is 6.73. The van der Waals surface area contributed by atoms with Gasteiger partial charge in [-0.05, 0) is 51.8 Å². The SMILES string of the molecule is Cc1cc(C(=O)N2CCCC2C(C)(C)O)nn1-c1ccccc1. The number of aryl methyl sites for hydroxylation is 1. The molecule has 0 radical (unpaired) electrons. The van der Waals surface area contributed by atoms with Gasteiger partial charge in [-0.25, -0.2) is 4.68 Å². The van der Waals surface area contributed by atoms with Gasteiger partial charge in [-0.15, -0.1) is 0 Å². The Morgan fingerprint density at radius 3 is 2.65 bits per heavy atom. The molecule has 0 saturated carbocycles. The van der Waals surface area contributed by atoms with Crippen LogP contribution < -0.4 is 0 Å². The number of carbonyl (C=O) groups excluding carboxylic acids is 1. The van der Waals surface area contributed by atoms with E-state index in [0.29, 0.717) is 12.2 Å². The van der Waals surface area contributed by atoms with Crippen molar-refractivity contribution in [2.75, 3.05) is 6.54 Å². The highest BCUT2D eigenvalue weighted by Crippen LogP contribution is 2.28. The molecule has 1 amide bonds. The predicted octanol–water partition coefficient (Wildman–Crippen LogP) is 2.56. The molecule has 5 heteroatoms. The third-order valence-electron chi connectivity index (χ3n) is 4.44. The van der Waals surface area contributed by atoms with Crippen LogP contribution in [0.25, 0.3) is 5.69 Å². The minimum atomic E-state index is -0.900. The number of hydrogen-bond donors (Lipinski definition) is 1. The third-order valence-corrected chi connectivity index (χ3v) is 4.44. The zero-order valence-corrected chi connectivity index (χ0v) is 13.9. The minimum absolute atomic E-state index is 0.104. The smallest absolute Gasteiger partial charge is 0.274 e. The van der Waals surface area contributed by atoms with Crippen molar-refractivity contribution in [3.63, 3.8) is 0 Å². The van der Waals surface area contributed by atoms with Gasteiger partial charge in [0.2, 0.25) is 0 Å². The molecular formula is C18H23N3O2. The number of amides is 1. The van der Waals surface area contributed by atoms with Gasteiger partial charge in [0.15, 0.2) is 5.69 Å². The molecular weight excluding hydrogens is 290 g/mol. The van der Waals surface area contributed by atoms with E-state index in [0.717, 1.165) is 24.2 Å². The van der Waals surface area contributed by atoms with E-state index in [4.69, 9.17) is 0 Å². The summed E-state index contributed by atoms with van der Waals surface area (Å²) in [6, 6.07) is 11.4. The van der Waals surface area contributed by atoms with Crippen LogP contribution in [0.5, 0.6) is 0 Å². The van der Waals surface area contributed by atoms with E-state index in [1.165, 1.54) is 0 Å². The number of aliphatic hydroxyl groups is 1. The fourth-order valence-corrected chi connectivity index (χ4v) is 3.30. The fraction of sp³-hybridized carbons (Fsp3) is 0.444. The van der Waals surface area contributed by atoms with Crippen LogP contribution in [0.3, 0.4) is 0 Å². The third kappa shape index (κ3) is 3.01. The summed E-state index contributed by atoms with van der Waals surface area (Å²) >= 11 is 0. The van der Waals surface area contributed by atoms with Crippen molar-refractivity contribution in [1.82, 2.24) is 14.7 Å². The highest BCUT2D eigenvalue weighted by molar-refractivity contribution is 5.93. The Labute approximate surface area is 136 Å². The number of likely N-dealkylation sites (tertiary alicyclic amines) is 1. The molecule has 2 heterocycles. The highest BCUT2D eigenvalue weighted by Gasteiger charge is 2.39. The maximum Gasteiger partial charge on any atom is 0.274 e. The van der Waals surface area contributed by atoms with Crippen LogP contribution in [0.1, 0.15) is 42.9 Å². The molecule has 23 heavy (non-hydrogen) atoms. The summed E-state index contributed by atoms with van der Waals surface area (Å²) in [5.74, 6) is -0.104. The first-order valence-corrected chi connectivity index (χ1v) is 8.03. The van der Waals surface area contributed by atoms with E-state index in [9.17, 15) is 9.90 Å². The Morgan fingerprint density at radius 1 is 1.30 bits per heavy atom. The van der Waals surface area contributed by atoms with Crippen LogP contribution in [-0.4, -0.2) is 43.9 Å². The zero-order valence-electron chi connectivity index (χ0n) is 13.9. The molecule has 122 valence electrons. The summed E-state index contributed by atoms with van der Waals surface area (Å²) in [6.07, 6.45) is 1.74. The molecule has 1 aromatic heterocycles. The summed E-state index contributed by atoms with van der Waals surface area (Å²) in [4.78, 5) is 14.6. The van der Waals surface area contributed by atoms with Gasteiger partial charge in [0, 0.05) is 12.2 Å². The van der Waals surface area contributed by atoms with Gasteiger partial charge in [0.05, 0.1) is 17.3 Å². The molecule has 0 bridgehead atoms. The molecule has 1 fully saturated rings. The van der Waals surface area contributed by atoms with Crippen molar-refractivity contribution in [3.05, 3.63) is 47.8 Å². The van der Waals surface area contributed by atoms with E-state index < -0.39 is 5.60 Å². The minimum Gasteiger partial charge on any atom is -0.388 e. The van der Waals surface area contributed by atoms with Crippen LogP contribution in [0.2, 0.25) is 0 Å². The lowest BCUT2D eigenvalue weighted by atomic mass is 9.96. The molecule has 2 aromatic rings. The summed E-state index contributed by atoms with van der Waals surface area (Å²) in [6.45, 7) is 6.13. The Morgan fingerprint density at radius 2 is 2.00 bits per heavy atom. The second-order valence-corrected chi connectivity index (χ2v) is 6.73. The van der Waals surface area contributed by atoms with Crippen LogP contribution in [0, 0.1) is 6.92 Å². The largest absolute Gasteiger partial charge is 0.388 e. The Balaban J connectivity index is 1.89. The first-order valence-electron chi connectivity index (χ1n) is 8.03. The first kappa shape index (κ1) is 15.7. The summed E-state index contributed by atoms with van der Waals surface area (Å²) in [5.41, 5.74) is 1.38. The molecule has 1 atom stereocenters. The Bertz CT molecular complexity index is 701. The van der Waals surface area contributed by atoms with Crippen LogP contribution in [0.4, 0.5) is 0 Å². The monoisotopic (exact) mass is 313 g/mol. The standard InChI is InChI=1S/C18H23N3O2/c1-13-12-15(19-21(13)14-8-5-4-6-9-14)17(22)20-11-7-10-16(20)18(2,3)23/h4-6,8-9,12,16,23H,7,10-11H2,1-3H3. The van der Waals surface area contributed by atoms with Crippen molar-refractivity contribution >= 4 is 5.91 Å². The lowest BCUT2D eigenvalue weighted by Crippen LogP contribution is -2.48. The van der Waals surface area contributed by atoms with Crippen LogP contribution >= 0.6 is 0 Å². The highest BCUT2D eigenvalue weighted by atomic mass is 16.3. The molecule has 1 unspecified atom stereocenters. The van der Waals surface area contributed by atoms with E-state index in [2.05, 4.69) is 5.10 Å². The van der Waals surface area contributed by atoms with Gasteiger partial charge in [-0.1, -0.05) is 18.2 Å². The Kier molecular flexibility index (Phi) is 3.98. The molecule has 1 aliphatic heterocycles. The maximum absolute atomic E-state index is 12.8. The molecule has 1 aromatic carbocycles. The summed E-state index contributed by atoms with van der Waals surface area (Å²) in [7, 11) is 0. The van der Waals surface area contributed by atoms with Crippen LogP contribution in [0.15, 0.2) is 36.4 Å². The van der Waals surface area contributed by atoms with Gasteiger partial charge >= 0.3 is 0 Å². The second kappa shape index (κ2) is 5.81. The van der Waals surface area contributed by atoms with E-state index in [1.807, 2.05) is 43.3 Å². The van der Waals surface area contributed by atoms with Crippen molar-refractivity contribution < 1.29 is 9.90 Å². The maximum atomic E-state index is 12.8. The number of carbonyl (C=O) groups is 1.